The maximum absolute atomic E-state index is 10.4. The Morgan fingerprint density at radius 3 is 2.50 bits per heavy atom. The van der Waals surface area contributed by atoms with E-state index in [9.17, 15) is 8.42 Å². The summed E-state index contributed by atoms with van der Waals surface area (Å²) in [7, 11) is -3.53. The van der Waals surface area contributed by atoms with Crippen molar-refractivity contribution in [1.82, 2.24) is 0 Å². The van der Waals surface area contributed by atoms with E-state index in [2.05, 4.69) is 9.22 Å². The zero-order valence-electron chi connectivity index (χ0n) is 5.61. The summed E-state index contributed by atoms with van der Waals surface area (Å²) < 4.78 is 24.8. The van der Waals surface area contributed by atoms with Crippen LogP contribution in [0, 0.1) is 0 Å². The van der Waals surface area contributed by atoms with Crippen molar-refractivity contribution >= 4 is 10.1 Å². The van der Waals surface area contributed by atoms with Crippen molar-refractivity contribution < 1.29 is 22.7 Å². The molecule has 0 fully saturated rings. The summed E-state index contributed by atoms with van der Waals surface area (Å²) in [6.45, 7) is 1.02. The van der Waals surface area contributed by atoms with Crippen LogP contribution < -0.4 is 0 Å². The molecule has 0 unspecified atom stereocenters. The third-order valence-electron chi connectivity index (χ3n) is 0.680. The third kappa shape index (κ3) is 4.68. The van der Waals surface area contributed by atoms with Crippen molar-refractivity contribution in [2.75, 3.05) is 19.0 Å². The molecule has 0 radical (unpaired) electrons. The second-order valence-electron chi connectivity index (χ2n) is 1.46. The molecule has 0 aliphatic heterocycles. The molecule has 10 heavy (non-hydrogen) atoms. The molecular formula is C4H10O5S. The lowest BCUT2D eigenvalue weighted by Gasteiger charge is -1.99. The predicted molar refractivity (Wildman–Crippen MR) is 33.6 cm³/mol. The van der Waals surface area contributed by atoms with Gasteiger partial charge in [0.25, 0.3) is 10.1 Å². The van der Waals surface area contributed by atoms with Crippen molar-refractivity contribution in [3.05, 3.63) is 0 Å². The minimum absolute atomic E-state index is 0.140. The number of rotatable bonds is 5. The lowest BCUT2D eigenvalue weighted by molar-refractivity contribution is -0.206. The first-order chi connectivity index (χ1) is 4.62. The van der Waals surface area contributed by atoms with Gasteiger partial charge in [-0.15, -0.1) is 4.33 Å². The highest BCUT2D eigenvalue weighted by Crippen LogP contribution is 1.91. The van der Waals surface area contributed by atoms with E-state index in [-0.39, 0.29) is 19.0 Å². The van der Waals surface area contributed by atoms with Crippen LogP contribution in [0.2, 0.25) is 0 Å². The highest BCUT2D eigenvalue weighted by molar-refractivity contribution is 7.86. The number of aliphatic hydroxyl groups is 1. The normalized spacial score (nSPS) is 11.8. The Kier molecular flexibility index (Phi) is 4.54. The van der Waals surface area contributed by atoms with Crippen LogP contribution in [0.1, 0.15) is 6.92 Å². The lowest BCUT2D eigenvalue weighted by atomic mass is 10.8. The van der Waals surface area contributed by atoms with Gasteiger partial charge < -0.3 is 5.11 Å². The quantitative estimate of drug-likeness (QED) is 0.335. The van der Waals surface area contributed by atoms with Gasteiger partial charge in [-0.05, 0) is 6.92 Å². The first-order valence-corrected chi connectivity index (χ1v) is 4.34. The summed E-state index contributed by atoms with van der Waals surface area (Å²) in [4.78, 5) is 4.10. The molecule has 0 aromatic rings. The highest BCUT2D eigenvalue weighted by atomic mass is 32.2. The van der Waals surface area contributed by atoms with Crippen LogP contribution in [0.5, 0.6) is 0 Å². The summed E-state index contributed by atoms with van der Waals surface area (Å²) >= 11 is 0. The Morgan fingerprint density at radius 1 is 1.50 bits per heavy atom. The summed E-state index contributed by atoms with van der Waals surface area (Å²) in [6, 6.07) is 0. The molecule has 62 valence electrons. The Hall–Kier alpha value is -0.170. The van der Waals surface area contributed by atoms with E-state index in [0.29, 0.717) is 0 Å². The van der Waals surface area contributed by atoms with Gasteiger partial charge in [0.2, 0.25) is 0 Å². The molecule has 0 saturated carbocycles. The minimum atomic E-state index is -3.53. The van der Waals surface area contributed by atoms with E-state index in [1.807, 2.05) is 0 Å². The predicted octanol–water partition coefficient (Wildman–Crippen LogP) is -0.723. The Labute approximate surface area is 59.6 Å². The zero-order valence-corrected chi connectivity index (χ0v) is 6.43. The van der Waals surface area contributed by atoms with Gasteiger partial charge in [0.1, 0.15) is 6.61 Å². The monoisotopic (exact) mass is 170 g/mol. The maximum atomic E-state index is 10.4. The summed E-state index contributed by atoms with van der Waals surface area (Å²) in [5, 5.41) is 8.14. The average Bonchev–Trinajstić information content (AvgIpc) is 1.89. The molecule has 0 aliphatic rings. The lowest BCUT2D eigenvalue weighted by Crippen LogP contribution is -2.10. The molecule has 0 saturated heterocycles. The van der Waals surface area contributed by atoms with Gasteiger partial charge in [0.05, 0.1) is 12.4 Å². The van der Waals surface area contributed by atoms with E-state index >= 15 is 0 Å². The van der Waals surface area contributed by atoms with E-state index in [1.54, 1.807) is 0 Å². The standard InChI is InChI=1S/C4H10O5S/c1-2-10(6,7)9-8-4-3-5/h5H,2-4H2,1H3. The molecule has 1 N–H and O–H groups in total. The highest BCUT2D eigenvalue weighted by Gasteiger charge is 2.06. The van der Waals surface area contributed by atoms with Gasteiger partial charge in [-0.1, -0.05) is 0 Å². The first-order valence-electron chi connectivity index (χ1n) is 2.77. The van der Waals surface area contributed by atoms with Gasteiger partial charge in [0, 0.05) is 0 Å². The van der Waals surface area contributed by atoms with Crippen LogP contribution in [-0.2, 0) is 19.3 Å². The fourth-order valence-corrected chi connectivity index (χ4v) is 0.504. The zero-order chi connectivity index (χ0) is 8.04. The second kappa shape index (κ2) is 4.62. The van der Waals surface area contributed by atoms with Crippen LogP contribution >= 0.6 is 0 Å². The molecule has 0 bridgehead atoms. The van der Waals surface area contributed by atoms with Gasteiger partial charge in [-0.25, -0.2) is 4.89 Å². The van der Waals surface area contributed by atoms with Gasteiger partial charge in [-0.3, -0.25) is 0 Å². The minimum Gasteiger partial charge on any atom is -0.394 e. The third-order valence-corrected chi connectivity index (χ3v) is 1.69. The molecular weight excluding hydrogens is 160 g/mol. The molecule has 5 nitrogen and oxygen atoms in total. The molecule has 6 heteroatoms. The molecule has 0 heterocycles. The fourth-order valence-electron chi connectivity index (χ4n) is 0.193. The summed E-state index contributed by atoms with van der Waals surface area (Å²) in [5.41, 5.74) is 0. The van der Waals surface area contributed by atoms with Crippen LogP contribution in [-0.4, -0.2) is 32.5 Å². The van der Waals surface area contributed by atoms with Crippen molar-refractivity contribution in [2.45, 2.75) is 6.92 Å². The van der Waals surface area contributed by atoms with Gasteiger partial charge in [-0.2, -0.15) is 8.42 Å². The molecule has 0 aliphatic carbocycles. The molecule has 0 aromatic heterocycles. The maximum Gasteiger partial charge on any atom is 0.293 e. The number of hydrogen-bond donors (Lipinski definition) is 1. The summed E-state index contributed by atoms with van der Waals surface area (Å²) in [5.74, 6) is -0.140. The molecule has 0 atom stereocenters. The molecule has 0 aromatic carbocycles. The Balaban J connectivity index is 3.49. The van der Waals surface area contributed by atoms with Crippen LogP contribution in [0.25, 0.3) is 0 Å². The van der Waals surface area contributed by atoms with Gasteiger partial charge in [0.15, 0.2) is 0 Å². The van der Waals surface area contributed by atoms with Crippen LogP contribution in [0.3, 0.4) is 0 Å². The molecule has 0 spiro atoms. The van der Waals surface area contributed by atoms with Crippen molar-refractivity contribution in [1.29, 1.82) is 0 Å². The van der Waals surface area contributed by atoms with E-state index < -0.39 is 10.1 Å². The van der Waals surface area contributed by atoms with Gasteiger partial charge >= 0.3 is 0 Å². The Morgan fingerprint density at radius 2 is 2.10 bits per heavy atom. The van der Waals surface area contributed by atoms with Crippen molar-refractivity contribution in [3.63, 3.8) is 0 Å². The SMILES string of the molecule is CCS(=O)(=O)OOCCO. The fraction of sp³-hybridized carbons (Fsp3) is 1.00. The second-order valence-corrected chi connectivity index (χ2v) is 3.29. The number of aliphatic hydroxyl groups excluding tert-OH is 1. The average molecular weight is 170 g/mol. The Bertz CT molecular complexity index is 160. The molecule has 0 rings (SSSR count). The first kappa shape index (κ1) is 9.83. The topological polar surface area (TPSA) is 72.8 Å². The largest absolute Gasteiger partial charge is 0.394 e. The van der Waals surface area contributed by atoms with E-state index in [1.165, 1.54) is 6.92 Å². The van der Waals surface area contributed by atoms with E-state index in [0.717, 1.165) is 0 Å². The molecule has 0 amide bonds. The van der Waals surface area contributed by atoms with Crippen LogP contribution in [0.15, 0.2) is 0 Å². The summed E-state index contributed by atoms with van der Waals surface area (Å²) in [6.07, 6.45) is 0. The van der Waals surface area contributed by atoms with Crippen LogP contribution in [0.4, 0.5) is 0 Å². The van der Waals surface area contributed by atoms with Crippen molar-refractivity contribution in [3.8, 4) is 0 Å². The smallest absolute Gasteiger partial charge is 0.293 e. The van der Waals surface area contributed by atoms with E-state index in [4.69, 9.17) is 5.11 Å². The van der Waals surface area contributed by atoms with Crippen molar-refractivity contribution in [2.24, 2.45) is 0 Å². The number of hydrogen-bond acceptors (Lipinski definition) is 5.